The number of halogens is 2. The molecule has 0 saturated carbocycles. The van der Waals surface area contributed by atoms with Crippen LogP contribution < -0.4 is 16.4 Å². The first-order chi connectivity index (χ1) is 14.4. The molecule has 3 heterocycles. The molecule has 2 aromatic heterocycles. The Morgan fingerprint density at radius 3 is 3.03 bits per heavy atom. The second kappa shape index (κ2) is 8.17. The molecule has 0 radical (unpaired) electrons. The summed E-state index contributed by atoms with van der Waals surface area (Å²) in [5.74, 6) is -1.39. The summed E-state index contributed by atoms with van der Waals surface area (Å²) in [6.07, 6.45) is 3.02. The molecule has 5 N–H and O–H groups in total. The van der Waals surface area contributed by atoms with Gasteiger partial charge in [-0.3, -0.25) is 20.5 Å². The summed E-state index contributed by atoms with van der Waals surface area (Å²) in [5, 5.41) is 14.1. The van der Waals surface area contributed by atoms with Crippen LogP contribution in [0, 0.1) is 11.2 Å². The predicted molar refractivity (Wildman–Crippen MR) is 112 cm³/mol. The highest BCUT2D eigenvalue weighted by Gasteiger charge is 2.24. The van der Waals surface area contributed by atoms with E-state index in [1.807, 2.05) is 0 Å². The lowest BCUT2D eigenvalue weighted by Gasteiger charge is -2.16. The van der Waals surface area contributed by atoms with Gasteiger partial charge in [-0.15, -0.1) is 0 Å². The van der Waals surface area contributed by atoms with Gasteiger partial charge in [-0.1, -0.05) is 11.6 Å². The number of aliphatic imine (C=N–C) groups is 1. The molecule has 0 aliphatic carbocycles. The number of fused-ring (bicyclic) bond motifs is 1. The molecule has 1 aromatic carbocycles. The van der Waals surface area contributed by atoms with Gasteiger partial charge in [-0.25, -0.2) is 9.37 Å². The minimum absolute atomic E-state index is 0.0141. The van der Waals surface area contributed by atoms with Crippen LogP contribution in [0.15, 0.2) is 33.8 Å². The van der Waals surface area contributed by atoms with Crippen LogP contribution in [0.1, 0.15) is 18.4 Å². The SMILES string of the molecule is N=C(C(=O)Nc1nc2cc(F)ccc2o1)c1c(N)ncc(Cl)c1/N=C1\CCCNC1. The van der Waals surface area contributed by atoms with Crippen LogP contribution in [0.25, 0.3) is 11.1 Å². The number of carbonyl (C=O) groups excluding carboxylic acids is 1. The Labute approximate surface area is 175 Å². The number of oxazole rings is 1. The first-order valence-electron chi connectivity index (χ1n) is 9.10. The van der Waals surface area contributed by atoms with Gasteiger partial charge in [0.25, 0.3) is 5.91 Å². The molecule has 0 spiro atoms. The van der Waals surface area contributed by atoms with E-state index in [0.717, 1.165) is 25.1 Å². The minimum atomic E-state index is -0.846. The van der Waals surface area contributed by atoms with E-state index in [9.17, 15) is 9.18 Å². The van der Waals surface area contributed by atoms with Gasteiger partial charge in [-0.05, 0) is 31.5 Å². The van der Waals surface area contributed by atoms with Crippen LogP contribution in [-0.4, -0.2) is 40.4 Å². The highest BCUT2D eigenvalue weighted by atomic mass is 35.5. The second-order valence-electron chi connectivity index (χ2n) is 6.63. The van der Waals surface area contributed by atoms with Crippen LogP contribution in [0.5, 0.6) is 0 Å². The molecule has 9 nitrogen and oxygen atoms in total. The largest absolute Gasteiger partial charge is 0.423 e. The molecule has 11 heteroatoms. The van der Waals surface area contributed by atoms with Crippen LogP contribution in [0.2, 0.25) is 5.02 Å². The summed E-state index contributed by atoms with van der Waals surface area (Å²) >= 11 is 6.26. The van der Waals surface area contributed by atoms with Gasteiger partial charge in [0.2, 0.25) is 0 Å². The molecule has 154 valence electrons. The van der Waals surface area contributed by atoms with Gasteiger partial charge in [0, 0.05) is 18.3 Å². The predicted octanol–water partition coefficient (Wildman–Crippen LogP) is 3.06. The topological polar surface area (TPSA) is 142 Å². The monoisotopic (exact) mass is 429 g/mol. The number of pyridine rings is 1. The van der Waals surface area contributed by atoms with Gasteiger partial charge < -0.3 is 15.5 Å². The molecule has 3 aromatic rings. The van der Waals surface area contributed by atoms with Crippen molar-refractivity contribution < 1.29 is 13.6 Å². The Balaban J connectivity index is 1.64. The zero-order valence-electron chi connectivity index (χ0n) is 15.6. The fourth-order valence-electron chi connectivity index (χ4n) is 3.07. The number of nitrogens with zero attached hydrogens (tertiary/aromatic N) is 3. The number of nitrogens with two attached hydrogens (primary N) is 1. The first kappa shape index (κ1) is 19.9. The van der Waals surface area contributed by atoms with E-state index in [1.54, 1.807) is 0 Å². The van der Waals surface area contributed by atoms with E-state index in [4.69, 9.17) is 27.2 Å². The number of anilines is 2. The highest BCUT2D eigenvalue weighted by molar-refractivity contribution is 6.50. The number of rotatable bonds is 4. The molecule has 1 saturated heterocycles. The maximum atomic E-state index is 13.3. The van der Waals surface area contributed by atoms with E-state index in [0.29, 0.717) is 12.1 Å². The smallest absolute Gasteiger partial charge is 0.302 e. The summed E-state index contributed by atoms with van der Waals surface area (Å²) in [6, 6.07) is 3.60. The fourth-order valence-corrected chi connectivity index (χ4v) is 3.25. The maximum absolute atomic E-state index is 13.3. The maximum Gasteiger partial charge on any atom is 0.302 e. The lowest BCUT2D eigenvalue weighted by molar-refractivity contribution is -0.110. The van der Waals surface area contributed by atoms with Gasteiger partial charge in [0.15, 0.2) is 5.58 Å². The van der Waals surface area contributed by atoms with Crippen LogP contribution >= 0.6 is 11.6 Å². The lowest BCUT2D eigenvalue weighted by Crippen LogP contribution is -2.30. The number of piperidine rings is 1. The Morgan fingerprint density at radius 1 is 1.43 bits per heavy atom. The number of amides is 1. The number of hydrogen-bond donors (Lipinski definition) is 4. The molecule has 1 amide bonds. The number of aromatic nitrogens is 2. The Kier molecular flexibility index (Phi) is 5.42. The molecule has 1 aliphatic heterocycles. The number of nitrogen functional groups attached to an aromatic ring is 1. The second-order valence-corrected chi connectivity index (χ2v) is 7.04. The fraction of sp³-hybridized carbons (Fsp3) is 0.211. The van der Waals surface area contributed by atoms with E-state index < -0.39 is 17.4 Å². The van der Waals surface area contributed by atoms with Crippen molar-refractivity contribution >= 4 is 57.6 Å². The van der Waals surface area contributed by atoms with Gasteiger partial charge in [-0.2, -0.15) is 4.98 Å². The van der Waals surface area contributed by atoms with E-state index >= 15 is 0 Å². The molecule has 1 fully saturated rings. The van der Waals surface area contributed by atoms with E-state index in [1.165, 1.54) is 24.4 Å². The first-order valence-corrected chi connectivity index (χ1v) is 9.47. The van der Waals surface area contributed by atoms with E-state index in [-0.39, 0.29) is 33.6 Å². The summed E-state index contributed by atoms with van der Waals surface area (Å²) in [7, 11) is 0. The lowest BCUT2D eigenvalue weighted by atomic mass is 10.1. The molecule has 30 heavy (non-hydrogen) atoms. The summed E-state index contributed by atoms with van der Waals surface area (Å²) < 4.78 is 18.7. The van der Waals surface area contributed by atoms with Crippen molar-refractivity contribution in [1.29, 1.82) is 5.41 Å². The van der Waals surface area contributed by atoms with Gasteiger partial charge >= 0.3 is 6.01 Å². The molecule has 1 aliphatic rings. The van der Waals surface area contributed by atoms with Gasteiger partial charge in [0.05, 0.1) is 22.5 Å². The summed E-state index contributed by atoms with van der Waals surface area (Å²) in [4.78, 5) is 25.1. The Bertz CT molecular complexity index is 1180. The van der Waals surface area contributed by atoms with E-state index in [2.05, 4.69) is 25.6 Å². The van der Waals surface area contributed by atoms with Crippen molar-refractivity contribution in [3.05, 3.63) is 40.8 Å². The average molecular weight is 430 g/mol. The minimum Gasteiger partial charge on any atom is -0.423 e. The van der Waals surface area contributed by atoms with Crippen LogP contribution in [0.3, 0.4) is 0 Å². The van der Waals surface area contributed by atoms with Crippen molar-refractivity contribution in [2.45, 2.75) is 12.8 Å². The number of carbonyl (C=O) groups is 1. The quantitative estimate of drug-likeness (QED) is 0.469. The van der Waals surface area contributed by atoms with Crippen molar-refractivity contribution in [1.82, 2.24) is 15.3 Å². The molecular formula is C19H17ClFN7O2. The number of nitrogens with one attached hydrogen (secondary N) is 3. The molecule has 0 atom stereocenters. The highest BCUT2D eigenvalue weighted by Crippen LogP contribution is 2.33. The molecule has 0 unspecified atom stereocenters. The van der Waals surface area contributed by atoms with Crippen molar-refractivity contribution in [3.8, 4) is 0 Å². The zero-order chi connectivity index (χ0) is 21.3. The molecule has 4 rings (SSSR count). The molecule has 0 bridgehead atoms. The van der Waals surface area contributed by atoms with Crippen molar-refractivity contribution in [2.24, 2.45) is 4.99 Å². The Morgan fingerprint density at radius 2 is 2.27 bits per heavy atom. The molecular weight excluding hydrogens is 413 g/mol. The number of hydrogen-bond acceptors (Lipinski definition) is 8. The van der Waals surface area contributed by atoms with Crippen molar-refractivity contribution in [3.63, 3.8) is 0 Å². The van der Waals surface area contributed by atoms with Gasteiger partial charge in [0.1, 0.15) is 22.9 Å². The standard InChI is InChI=1S/C19H17ClFN7O2/c20-11-8-25-17(23)14(16(11)26-10-2-1-5-24-7-10)15(22)18(29)28-19-27-12-6-9(21)3-4-13(12)30-19/h3-4,6,8,22,24H,1-2,5,7H2,(H2,23,25)(H,27,28,29)/b22-15?,26-10+. The third-order valence-corrected chi connectivity index (χ3v) is 4.78. The van der Waals surface area contributed by atoms with Crippen LogP contribution in [-0.2, 0) is 4.79 Å². The third kappa shape index (κ3) is 4.00. The average Bonchev–Trinajstić information content (AvgIpc) is 3.12. The normalized spacial score (nSPS) is 15.5. The Hall–Kier alpha value is -3.37. The summed E-state index contributed by atoms with van der Waals surface area (Å²) in [6.45, 7) is 1.47. The zero-order valence-corrected chi connectivity index (χ0v) is 16.4. The number of benzene rings is 1. The van der Waals surface area contributed by atoms with Crippen molar-refractivity contribution in [2.75, 3.05) is 24.1 Å². The summed E-state index contributed by atoms with van der Waals surface area (Å²) in [5.41, 5.74) is 7.04. The van der Waals surface area contributed by atoms with Crippen LogP contribution in [0.4, 0.5) is 21.9 Å². The third-order valence-electron chi connectivity index (χ3n) is 4.50.